The number of likely N-dealkylation sites (tertiary alicyclic amines) is 1. The second kappa shape index (κ2) is 4.98. The summed E-state index contributed by atoms with van der Waals surface area (Å²) in [6.07, 6.45) is 0.755. The maximum Gasteiger partial charge on any atom is 0.332 e. The minimum Gasteiger partial charge on any atom is -0.467 e. The Morgan fingerprint density at radius 1 is 1.44 bits per heavy atom. The van der Waals surface area contributed by atoms with Crippen molar-refractivity contribution in [3.63, 3.8) is 0 Å². The van der Waals surface area contributed by atoms with Crippen molar-refractivity contribution in [3.8, 4) is 0 Å². The van der Waals surface area contributed by atoms with Crippen molar-refractivity contribution in [2.75, 3.05) is 26.0 Å². The van der Waals surface area contributed by atoms with E-state index in [2.05, 4.69) is 17.1 Å². The highest BCUT2D eigenvalue weighted by Crippen LogP contribution is 2.30. The molecule has 1 aromatic rings. The maximum absolute atomic E-state index is 12.1. The Bertz CT molecular complexity index is 409. The normalized spacial score (nSPS) is 28.1. The van der Waals surface area contributed by atoms with Crippen LogP contribution in [0.15, 0.2) is 30.3 Å². The number of carbonyl (C=O) groups is 1. The van der Waals surface area contributed by atoms with Gasteiger partial charge in [0.05, 0.1) is 7.11 Å². The summed E-state index contributed by atoms with van der Waals surface area (Å²) in [6, 6.07) is 10.2. The van der Waals surface area contributed by atoms with Crippen LogP contribution in [0.1, 0.15) is 13.3 Å². The summed E-state index contributed by atoms with van der Waals surface area (Å²) in [5.41, 5.74) is 0.315. The fraction of sp³-hybridized carbons (Fsp3) is 0.500. The van der Waals surface area contributed by atoms with E-state index in [0.29, 0.717) is 12.6 Å². The van der Waals surface area contributed by atoms with Crippen LogP contribution in [0.2, 0.25) is 0 Å². The van der Waals surface area contributed by atoms with Crippen LogP contribution in [0.3, 0.4) is 0 Å². The molecule has 0 aromatic heterocycles. The Morgan fingerprint density at radius 3 is 2.61 bits per heavy atom. The van der Waals surface area contributed by atoms with E-state index in [1.165, 1.54) is 7.11 Å². The highest BCUT2D eigenvalue weighted by atomic mass is 16.5. The molecular weight excluding hydrogens is 228 g/mol. The summed E-state index contributed by atoms with van der Waals surface area (Å²) in [4.78, 5) is 14.3. The van der Waals surface area contributed by atoms with E-state index in [4.69, 9.17) is 4.74 Å². The quantitative estimate of drug-likeness (QED) is 0.827. The van der Waals surface area contributed by atoms with Gasteiger partial charge in [-0.3, -0.25) is 0 Å². The second-order valence-corrected chi connectivity index (χ2v) is 5.03. The number of rotatable bonds is 3. The van der Waals surface area contributed by atoms with Gasteiger partial charge in [0.15, 0.2) is 0 Å². The molecule has 4 heteroatoms. The van der Waals surface area contributed by atoms with E-state index < -0.39 is 5.54 Å². The summed E-state index contributed by atoms with van der Waals surface area (Å²) < 4.78 is 4.98. The number of nitrogens with one attached hydrogen (secondary N) is 1. The third-order valence-electron chi connectivity index (χ3n) is 3.65. The Balaban J connectivity index is 2.24. The summed E-state index contributed by atoms with van der Waals surface area (Å²) in [5, 5.41) is 3.35. The number of nitrogens with zero attached hydrogens (tertiary/aromatic N) is 1. The largest absolute Gasteiger partial charge is 0.467 e. The number of likely N-dealkylation sites (N-methyl/N-ethyl adjacent to an activating group) is 1. The molecule has 1 saturated heterocycles. The standard InChI is InChI=1S/C14H20N2O2/c1-11-9-14(10-16(11)2,13(17)18-3)15-12-7-5-4-6-8-12/h4-8,11,15H,9-10H2,1-3H3. The number of ether oxygens (including phenoxy) is 1. The van der Waals surface area contributed by atoms with Crippen molar-refractivity contribution in [2.24, 2.45) is 0 Å². The SMILES string of the molecule is COC(=O)C1(Nc2ccccc2)CC(C)N(C)C1. The van der Waals surface area contributed by atoms with E-state index >= 15 is 0 Å². The van der Waals surface area contributed by atoms with E-state index in [1.54, 1.807) is 0 Å². The smallest absolute Gasteiger partial charge is 0.332 e. The second-order valence-electron chi connectivity index (χ2n) is 5.03. The molecule has 1 heterocycles. The van der Waals surface area contributed by atoms with Gasteiger partial charge in [0, 0.05) is 18.3 Å². The van der Waals surface area contributed by atoms with Crippen molar-refractivity contribution in [2.45, 2.75) is 24.9 Å². The molecule has 0 amide bonds. The topological polar surface area (TPSA) is 41.6 Å². The molecule has 1 N–H and O–H groups in total. The number of hydrogen-bond donors (Lipinski definition) is 1. The summed E-state index contributed by atoms with van der Waals surface area (Å²) in [7, 11) is 3.47. The zero-order valence-corrected chi connectivity index (χ0v) is 11.1. The van der Waals surface area contributed by atoms with Gasteiger partial charge in [0.1, 0.15) is 5.54 Å². The first kappa shape index (κ1) is 12.9. The number of esters is 1. The van der Waals surface area contributed by atoms with Crippen LogP contribution in [-0.4, -0.2) is 43.2 Å². The van der Waals surface area contributed by atoms with Crippen molar-refractivity contribution in [1.29, 1.82) is 0 Å². The van der Waals surface area contributed by atoms with Gasteiger partial charge < -0.3 is 15.0 Å². The molecular formula is C14H20N2O2. The van der Waals surface area contributed by atoms with Crippen molar-refractivity contribution < 1.29 is 9.53 Å². The molecule has 0 bridgehead atoms. The van der Waals surface area contributed by atoms with E-state index in [9.17, 15) is 4.79 Å². The number of methoxy groups -OCH3 is 1. The molecule has 1 aromatic carbocycles. The van der Waals surface area contributed by atoms with Gasteiger partial charge >= 0.3 is 5.97 Å². The van der Waals surface area contributed by atoms with Crippen LogP contribution < -0.4 is 5.32 Å². The van der Waals surface area contributed by atoms with E-state index in [1.807, 2.05) is 37.4 Å². The van der Waals surface area contributed by atoms with Crippen LogP contribution in [0.4, 0.5) is 5.69 Å². The summed E-state index contributed by atoms with van der Waals surface area (Å²) >= 11 is 0. The van der Waals surface area contributed by atoms with Crippen LogP contribution in [0, 0.1) is 0 Å². The molecule has 4 nitrogen and oxygen atoms in total. The Kier molecular flexibility index (Phi) is 3.57. The van der Waals surface area contributed by atoms with Crippen molar-refractivity contribution >= 4 is 11.7 Å². The Morgan fingerprint density at radius 2 is 2.11 bits per heavy atom. The number of carbonyl (C=O) groups excluding carboxylic acids is 1. The van der Waals surface area contributed by atoms with Gasteiger partial charge in [-0.05, 0) is 32.5 Å². The minimum absolute atomic E-state index is 0.192. The predicted octanol–water partition coefficient (Wildman–Crippen LogP) is 1.73. The molecule has 1 fully saturated rings. The maximum atomic E-state index is 12.1. The summed E-state index contributed by atoms with van der Waals surface area (Å²) in [5.74, 6) is -0.192. The van der Waals surface area contributed by atoms with Gasteiger partial charge in [-0.1, -0.05) is 18.2 Å². The minimum atomic E-state index is -0.635. The highest BCUT2D eigenvalue weighted by Gasteiger charge is 2.47. The number of hydrogen-bond acceptors (Lipinski definition) is 4. The van der Waals surface area contributed by atoms with Crippen LogP contribution in [0.25, 0.3) is 0 Å². The third kappa shape index (κ3) is 2.34. The molecule has 98 valence electrons. The first-order valence-electron chi connectivity index (χ1n) is 6.19. The average molecular weight is 248 g/mol. The molecule has 0 aliphatic carbocycles. The molecule has 2 rings (SSSR count). The number of anilines is 1. The molecule has 1 aliphatic heterocycles. The lowest BCUT2D eigenvalue weighted by Gasteiger charge is -2.28. The Hall–Kier alpha value is -1.55. The van der Waals surface area contributed by atoms with Gasteiger partial charge in [-0.2, -0.15) is 0 Å². The molecule has 1 aliphatic rings. The summed E-state index contributed by atoms with van der Waals surface area (Å²) in [6.45, 7) is 2.78. The zero-order valence-electron chi connectivity index (χ0n) is 11.1. The molecule has 18 heavy (non-hydrogen) atoms. The fourth-order valence-electron chi connectivity index (χ4n) is 2.59. The molecule has 0 saturated carbocycles. The predicted molar refractivity (Wildman–Crippen MR) is 71.5 cm³/mol. The zero-order chi connectivity index (χ0) is 13.2. The van der Waals surface area contributed by atoms with Crippen LogP contribution >= 0.6 is 0 Å². The lowest BCUT2D eigenvalue weighted by Crippen LogP contribution is -2.49. The lowest BCUT2D eigenvalue weighted by atomic mass is 9.96. The van der Waals surface area contributed by atoms with Crippen molar-refractivity contribution in [1.82, 2.24) is 4.90 Å². The molecule has 2 unspecified atom stereocenters. The Labute approximate surface area is 108 Å². The average Bonchev–Trinajstić information content (AvgIpc) is 2.66. The number of benzene rings is 1. The van der Waals surface area contributed by atoms with Crippen LogP contribution in [-0.2, 0) is 9.53 Å². The third-order valence-corrected chi connectivity index (χ3v) is 3.65. The van der Waals surface area contributed by atoms with E-state index in [-0.39, 0.29) is 5.97 Å². The first-order valence-corrected chi connectivity index (χ1v) is 6.19. The van der Waals surface area contributed by atoms with E-state index in [0.717, 1.165) is 12.1 Å². The van der Waals surface area contributed by atoms with Crippen molar-refractivity contribution in [3.05, 3.63) is 30.3 Å². The van der Waals surface area contributed by atoms with Gasteiger partial charge in [-0.15, -0.1) is 0 Å². The molecule has 2 atom stereocenters. The molecule has 0 spiro atoms. The van der Waals surface area contributed by atoms with Gasteiger partial charge in [0.2, 0.25) is 0 Å². The van der Waals surface area contributed by atoms with Gasteiger partial charge in [0.25, 0.3) is 0 Å². The monoisotopic (exact) mass is 248 g/mol. The highest BCUT2D eigenvalue weighted by molar-refractivity contribution is 5.85. The molecule has 0 radical (unpaired) electrons. The lowest BCUT2D eigenvalue weighted by molar-refractivity contribution is -0.145. The number of para-hydroxylation sites is 1. The first-order chi connectivity index (χ1) is 8.57. The fourth-order valence-corrected chi connectivity index (χ4v) is 2.59. The van der Waals surface area contributed by atoms with Gasteiger partial charge in [-0.25, -0.2) is 4.79 Å². The van der Waals surface area contributed by atoms with Crippen LogP contribution in [0.5, 0.6) is 0 Å².